The Morgan fingerprint density at radius 1 is 1.07 bits per heavy atom. The highest BCUT2D eigenvalue weighted by Crippen LogP contribution is 2.36. The van der Waals surface area contributed by atoms with E-state index in [1.807, 2.05) is 30.5 Å². The fraction of sp³-hybridized carbons (Fsp3) is 0.263. The summed E-state index contributed by atoms with van der Waals surface area (Å²) >= 11 is 1.59. The molecule has 0 aliphatic carbocycles. The zero-order chi connectivity index (χ0) is 20.9. The van der Waals surface area contributed by atoms with Crippen molar-refractivity contribution in [2.45, 2.75) is 24.5 Å². The van der Waals surface area contributed by atoms with Crippen LogP contribution in [0.25, 0.3) is 0 Å². The van der Waals surface area contributed by atoms with Crippen LogP contribution in [-0.4, -0.2) is 30.1 Å². The van der Waals surface area contributed by atoms with Crippen molar-refractivity contribution in [2.75, 3.05) is 23.9 Å². The molecule has 2 aromatic carbocycles. The normalized spacial score (nSPS) is 11.1. The monoisotopic (exact) mass is 411 g/mol. The molecule has 9 heteroatoms. The fourth-order valence-corrected chi connectivity index (χ4v) is 2.86. The van der Waals surface area contributed by atoms with E-state index in [2.05, 4.69) is 10.6 Å². The van der Waals surface area contributed by atoms with Crippen molar-refractivity contribution in [3.63, 3.8) is 0 Å². The largest absolute Gasteiger partial charge is 0.418 e. The number of alkyl halides is 3. The maximum atomic E-state index is 13.4. The van der Waals surface area contributed by atoms with E-state index in [0.29, 0.717) is 0 Å². The lowest BCUT2D eigenvalue weighted by molar-refractivity contribution is -0.137. The Hall–Kier alpha value is -2.68. The van der Waals surface area contributed by atoms with Crippen LogP contribution >= 0.6 is 11.8 Å². The topological polar surface area (TPSA) is 61.4 Å². The van der Waals surface area contributed by atoms with Crippen molar-refractivity contribution < 1.29 is 22.8 Å². The maximum absolute atomic E-state index is 13.4. The molecule has 0 bridgehead atoms. The lowest BCUT2D eigenvalue weighted by Crippen LogP contribution is -2.31. The van der Waals surface area contributed by atoms with Gasteiger partial charge in [-0.2, -0.15) is 13.2 Å². The van der Waals surface area contributed by atoms with Crippen molar-refractivity contribution in [3.8, 4) is 0 Å². The number of nitrogens with zero attached hydrogens (tertiary/aromatic N) is 1. The number of nitrogens with one attached hydrogen (secondary N) is 2. The van der Waals surface area contributed by atoms with Gasteiger partial charge in [0.1, 0.15) is 0 Å². The van der Waals surface area contributed by atoms with Crippen molar-refractivity contribution in [3.05, 3.63) is 53.6 Å². The number of hydrogen-bond donors (Lipinski definition) is 2. The molecule has 0 spiro atoms. The molecular formula is C19H20F3N3O2S. The summed E-state index contributed by atoms with van der Waals surface area (Å²) in [5.41, 5.74) is -0.562. The van der Waals surface area contributed by atoms with Crippen molar-refractivity contribution in [1.82, 2.24) is 4.90 Å². The van der Waals surface area contributed by atoms with Crippen LogP contribution in [0.5, 0.6) is 0 Å². The number of carbonyl (C=O) groups is 2. The Bertz CT molecular complexity index is 854. The van der Waals surface area contributed by atoms with Crippen LogP contribution in [0.15, 0.2) is 47.4 Å². The average Bonchev–Trinajstić information content (AvgIpc) is 2.62. The summed E-state index contributed by atoms with van der Waals surface area (Å²) in [6, 6.07) is 10.1. The van der Waals surface area contributed by atoms with Gasteiger partial charge in [0.25, 0.3) is 0 Å². The van der Waals surface area contributed by atoms with E-state index < -0.39 is 23.7 Å². The van der Waals surface area contributed by atoms with Crippen LogP contribution in [0.3, 0.4) is 0 Å². The number of thioether (sulfide) groups is 1. The van der Waals surface area contributed by atoms with E-state index in [0.717, 1.165) is 22.6 Å². The minimum Gasteiger partial charge on any atom is -0.326 e. The van der Waals surface area contributed by atoms with Gasteiger partial charge in [-0.05, 0) is 42.2 Å². The third-order valence-corrected chi connectivity index (χ3v) is 4.56. The second-order valence-corrected chi connectivity index (χ2v) is 6.95. The first-order valence-electron chi connectivity index (χ1n) is 8.24. The Balaban J connectivity index is 2.15. The molecule has 0 saturated heterocycles. The first kappa shape index (κ1) is 21.6. The van der Waals surface area contributed by atoms with Crippen molar-refractivity contribution in [1.29, 1.82) is 0 Å². The van der Waals surface area contributed by atoms with Gasteiger partial charge in [-0.15, -0.1) is 11.8 Å². The molecule has 0 saturated carbocycles. The van der Waals surface area contributed by atoms with E-state index in [1.165, 1.54) is 24.9 Å². The number of rotatable bonds is 5. The van der Waals surface area contributed by atoms with E-state index in [-0.39, 0.29) is 17.9 Å². The first-order valence-corrected chi connectivity index (χ1v) is 9.46. The Morgan fingerprint density at radius 2 is 1.71 bits per heavy atom. The second-order valence-electron chi connectivity index (χ2n) is 6.07. The smallest absolute Gasteiger partial charge is 0.326 e. The summed E-state index contributed by atoms with van der Waals surface area (Å²) in [7, 11) is 1.50. The van der Waals surface area contributed by atoms with Gasteiger partial charge in [0.05, 0.1) is 11.3 Å². The number of hydrogen-bond acceptors (Lipinski definition) is 3. The summed E-state index contributed by atoms with van der Waals surface area (Å²) in [6.07, 6.45) is -2.74. The Labute approximate surface area is 165 Å². The summed E-state index contributed by atoms with van der Waals surface area (Å²) in [5.74, 6) is -0.489. The Morgan fingerprint density at radius 3 is 2.25 bits per heavy atom. The lowest BCUT2D eigenvalue weighted by Gasteiger charge is -2.21. The molecule has 3 amide bonds. The fourth-order valence-electron chi connectivity index (χ4n) is 2.46. The van der Waals surface area contributed by atoms with E-state index in [9.17, 15) is 22.8 Å². The number of halogens is 3. The minimum atomic E-state index is -4.69. The zero-order valence-electron chi connectivity index (χ0n) is 15.6. The van der Waals surface area contributed by atoms with Gasteiger partial charge >= 0.3 is 12.2 Å². The molecule has 0 aliphatic rings. The van der Waals surface area contributed by atoms with Crippen LogP contribution in [0.1, 0.15) is 18.1 Å². The third-order valence-electron chi connectivity index (χ3n) is 3.81. The van der Waals surface area contributed by atoms with Gasteiger partial charge in [0.2, 0.25) is 5.91 Å². The highest BCUT2D eigenvalue weighted by molar-refractivity contribution is 7.98. The molecule has 0 atom stereocenters. The molecule has 150 valence electrons. The summed E-state index contributed by atoms with van der Waals surface area (Å²) in [5, 5.41) is 4.59. The minimum absolute atomic E-state index is 0.0000577. The van der Waals surface area contributed by atoms with Crippen LogP contribution in [0.4, 0.5) is 29.3 Å². The number of carbonyl (C=O) groups excluding carboxylic acids is 2. The molecular weight excluding hydrogens is 391 g/mol. The summed E-state index contributed by atoms with van der Waals surface area (Å²) in [4.78, 5) is 25.8. The molecule has 2 N–H and O–H groups in total. The molecule has 0 fully saturated rings. The van der Waals surface area contributed by atoms with Gasteiger partial charge in [0, 0.05) is 31.1 Å². The Kier molecular flexibility index (Phi) is 6.95. The quantitative estimate of drug-likeness (QED) is 0.677. The number of benzene rings is 2. The molecule has 2 rings (SSSR count). The number of urea groups is 1. The first-order chi connectivity index (χ1) is 13.1. The van der Waals surface area contributed by atoms with Crippen molar-refractivity contribution in [2.24, 2.45) is 0 Å². The van der Waals surface area contributed by atoms with E-state index >= 15 is 0 Å². The van der Waals surface area contributed by atoms with Gasteiger partial charge in [-0.1, -0.05) is 12.1 Å². The van der Waals surface area contributed by atoms with Gasteiger partial charge < -0.3 is 15.5 Å². The number of anilines is 2. The zero-order valence-corrected chi connectivity index (χ0v) is 16.4. The maximum Gasteiger partial charge on any atom is 0.418 e. The highest BCUT2D eigenvalue weighted by Gasteiger charge is 2.34. The van der Waals surface area contributed by atoms with Gasteiger partial charge in [-0.3, -0.25) is 4.79 Å². The standard InChI is InChI=1S/C19H20F3N3O2S/c1-12(26)23-14-6-9-17(16(10-14)19(20,21)22)24-18(27)25(2)11-13-4-7-15(28-3)8-5-13/h4-10H,11H2,1-3H3,(H,23,26)(H,24,27). The molecule has 0 radical (unpaired) electrons. The van der Waals surface area contributed by atoms with Crippen LogP contribution in [0.2, 0.25) is 0 Å². The van der Waals surface area contributed by atoms with Gasteiger partial charge in [0.15, 0.2) is 0 Å². The molecule has 0 unspecified atom stereocenters. The summed E-state index contributed by atoms with van der Waals surface area (Å²) < 4.78 is 40.1. The third kappa shape index (κ3) is 5.91. The molecule has 2 aromatic rings. The van der Waals surface area contributed by atoms with Crippen LogP contribution in [-0.2, 0) is 17.5 Å². The van der Waals surface area contributed by atoms with Crippen LogP contribution < -0.4 is 10.6 Å². The predicted octanol–water partition coefficient (Wildman–Crippen LogP) is 5.05. The lowest BCUT2D eigenvalue weighted by atomic mass is 10.1. The molecule has 0 heterocycles. The predicted molar refractivity (Wildman–Crippen MR) is 104 cm³/mol. The average molecular weight is 411 g/mol. The van der Waals surface area contributed by atoms with Crippen molar-refractivity contribution >= 4 is 35.1 Å². The van der Waals surface area contributed by atoms with E-state index in [4.69, 9.17) is 0 Å². The second kappa shape index (κ2) is 9.01. The van der Waals surface area contributed by atoms with E-state index in [1.54, 1.807) is 11.8 Å². The molecule has 0 aliphatic heterocycles. The summed E-state index contributed by atoms with van der Waals surface area (Å²) in [6.45, 7) is 1.44. The van der Waals surface area contributed by atoms with Crippen LogP contribution in [0, 0.1) is 0 Å². The highest BCUT2D eigenvalue weighted by atomic mass is 32.2. The SMILES string of the molecule is CSc1ccc(CN(C)C(=O)Nc2ccc(NC(C)=O)cc2C(F)(F)F)cc1. The van der Waals surface area contributed by atoms with Gasteiger partial charge in [-0.25, -0.2) is 4.79 Å². The molecule has 5 nitrogen and oxygen atoms in total. The molecule has 0 aromatic heterocycles. The number of amides is 3. The molecule has 28 heavy (non-hydrogen) atoms.